The van der Waals surface area contributed by atoms with Gasteiger partial charge in [0.15, 0.2) is 0 Å². The summed E-state index contributed by atoms with van der Waals surface area (Å²) in [6.07, 6.45) is 3.28. The van der Waals surface area contributed by atoms with Gasteiger partial charge in [-0.1, -0.05) is 18.5 Å². The molecule has 8 nitrogen and oxygen atoms in total. The van der Waals surface area contributed by atoms with E-state index in [1.54, 1.807) is 0 Å². The third-order valence-corrected chi connectivity index (χ3v) is 4.93. The van der Waals surface area contributed by atoms with E-state index in [1.807, 2.05) is 13.0 Å². The van der Waals surface area contributed by atoms with Gasteiger partial charge in [0.2, 0.25) is 0 Å². The Balaban J connectivity index is 0.000000701. The number of aromatic nitrogens is 1. The van der Waals surface area contributed by atoms with Gasteiger partial charge in [-0.25, -0.2) is 0 Å². The van der Waals surface area contributed by atoms with Gasteiger partial charge >= 0.3 is 5.97 Å². The summed E-state index contributed by atoms with van der Waals surface area (Å²) in [5.41, 5.74) is -0.204. The normalized spacial score (nSPS) is 26.6. The van der Waals surface area contributed by atoms with Gasteiger partial charge < -0.3 is 19.8 Å². The average molecular weight is 354 g/mol. The summed E-state index contributed by atoms with van der Waals surface area (Å²) in [7, 11) is 0. The van der Waals surface area contributed by atoms with E-state index < -0.39 is 17.5 Å². The predicted molar refractivity (Wildman–Crippen MR) is 88.0 cm³/mol. The number of carboxylic acids is 1. The quantitative estimate of drug-likeness (QED) is 0.659. The lowest BCUT2D eigenvalue weighted by Gasteiger charge is -2.43. The van der Waals surface area contributed by atoms with E-state index in [0.29, 0.717) is 38.4 Å². The molecule has 1 saturated carbocycles. The number of aliphatic hydroxyl groups is 1. The molecule has 8 heteroatoms. The molecule has 3 rings (SSSR count). The van der Waals surface area contributed by atoms with Crippen LogP contribution in [0.4, 0.5) is 0 Å². The Bertz CT molecular complexity index is 585. The maximum atomic E-state index is 11.8. The highest BCUT2D eigenvalue weighted by atomic mass is 16.5. The molecule has 2 atom stereocenters. The van der Waals surface area contributed by atoms with Gasteiger partial charge in [-0.2, -0.15) is 0 Å². The number of piperidine rings is 1. The van der Waals surface area contributed by atoms with Crippen LogP contribution in [0.3, 0.4) is 0 Å². The molecule has 1 aliphatic heterocycles. The van der Waals surface area contributed by atoms with E-state index in [0.717, 1.165) is 17.9 Å². The van der Waals surface area contributed by atoms with Gasteiger partial charge in [-0.3, -0.25) is 14.5 Å². The Morgan fingerprint density at radius 1 is 1.48 bits per heavy atom. The molecule has 1 saturated heterocycles. The fraction of sp³-hybridized carbons (Fsp3) is 0.706. The van der Waals surface area contributed by atoms with Crippen molar-refractivity contribution >= 4 is 12.4 Å². The number of aliphatic hydroxyl groups excluding tert-OH is 1. The van der Waals surface area contributed by atoms with Crippen molar-refractivity contribution in [3.63, 3.8) is 0 Å². The minimum atomic E-state index is -1.06. The van der Waals surface area contributed by atoms with E-state index >= 15 is 0 Å². The maximum Gasteiger partial charge on any atom is 0.313 e. The lowest BCUT2D eigenvalue weighted by molar-refractivity contribution is -0.164. The summed E-state index contributed by atoms with van der Waals surface area (Å²) in [6, 6.07) is 1.99. The number of rotatable bonds is 6. The average Bonchev–Trinajstić information content (AvgIpc) is 3.31. The van der Waals surface area contributed by atoms with Gasteiger partial charge in [-0.15, -0.1) is 0 Å². The number of nitrogens with zero attached hydrogens (tertiary/aromatic N) is 2. The standard InChI is InChI=1S/C16H24N2O4.CH2O2/c1-2-6-16(15(20)21)10-18(7-5-14(16)19)9-12-8-13(22-17-12)11-3-4-11;2-1-3/h8,11,14,19H,2-7,9-10H2,1H3,(H,20,21);1H,(H,2,3)/t14-,16+;/m0./s1. The molecule has 2 heterocycles. The SMILES string of the molecule is CCC[C@@]1(C(=O)O)CN(Cc2cc(C3CC3)on2)CC[C@@H]1O.O=CO. The van der Waals surface area contributed by atoms with Crippen molar-refractivity contribution in [3.05, 3.63) is 17.5 Å². The van der Waals surface area contributed by atoms with E-state index in [-0.39, 0.29) is 6.47 Å². The molecule has 2 aliphatic rings. The van der Waals surface area contributed by atoms with Crippen LogP contribution < -0.4 is 0 Å². The summed E-state index contributed by atoms with van der Waals surface area (Å²) < 4.78 is 5.36. The summed E-state index contributed by atoms with van der Waals surface area (Å²) >= 11 is 0. The van der Waals surface area contributed by atoms with Crippen LogP contribution in [0.2, 0.25) is 0 Å². The number of hydrogen-bond acceptors (Lipinski definition) is 6. The first-order chi connectivity index (χ1) is 12.0. The molecular weight excluding hydrogens is 328 g/mol. The van der Waals surface area contributed by atoms with Gasteiger partial charge in [0, 0.05) is 31.6 Å². The Hall–Kier alpha value is -1.93. The fourth-order valence-electron chi connectivity index (χ4n) is 3.50. The maximum absolute atomic E-state index is 11.8. The van der Waals surface area contributed by atoms with Crippen molar-refractivity contribution in [1.82, 2.24) is 10.1 Å². The van der Waals surface area contributed by atoms with Gasteiger partial charge in [-0.05, 0) is 25.7 Å². The van der Waals surface area contributed by atoms with Crippen molar-refractivity contribution in [2.45, 2.75) is 57.6 Å². The van der Waals surface area contributed by atoms with E-state index in [2.05, 4.69) is 10.1 Å². The Kier molecular flexibility index (Phi) is 6.55. The van der Waals surface area contributed by atoms with Crippen molar-refractivity contribution in [2.24, 2.45) is 5.41 Å². The van der Waals surface area contributed by atoms with Crippen LogP contribution in [0, 0.1) is 5.41 Å². The summed E-state index contributed by atoms with van der Waals surface area (Å²) in [5, 5.41) is 30.9. The van der Waals surface area contributed by atoms with Crippen LogP contribution in [0.1, 0.15) is 56.4 Å². The molecular formula is C17H26N2O6. The zero-order chi connectivity index (χ0) is 18.4. The predicted octanol–water partition coefficient (Wildman–Crippen LogP) is 1.69. The second-order valence-electron chi connectivity index (χ2n) is 6.83. The van der Waals surface area contributed by atoms with Crippen molar-refractivity contribution < 1.29 is 29.4 Å². The molecule has 2 fully saturated rings. The highest BCUT2D eigenvalue weighted by Crippen LogP contribution is 2.40. The van der Waals surface area contributed by atoms with Crippen LogP contribution >= 0.6 is 0 Å². The highest BCUT2D eigenvalue weighted by Gasteiger charge is 2.48. The molecule has 0 spiro atoms. The first-order valence-electron chi connectivity index (χ1n) is 8.64. The summed E-state index contributed by atoms with van der Waals surface area (Å²) in [6.45, 7) is 3.34. The second-order valence-corrected chi connectivity index (χ2v) is 6.83. The lowest BCUT2D eigenvalue weighted by Crippen LogP contribution is -2.55. The minimum Gasteiger partial charge on any atom is -0.483 e. The van der Waals surface area contributed by atoms with Crippen LogP contribution in [0.15, 0.2) is 10.6 Å². The lowest BCUT2D eigenvalue weighted by atomic mass is 9.74. The third kappa shape index (κ3) is 4.58. The van der Waals surface area contributed by atoms with E-state index in [4.69, 9.17) is 14.4 Å². The van der Waals surface area contributed by atoms with E-state index in [1.165, 1.54) is 12.8 Å². The number of aliphatic carboxylic acids is 1. The molecule has 0 bridgehead atoms. The topological polar surface area (TPSA) is 124 Å². The first-order valence-corrected chi connectivity index (χ1v) is 8.64. The van der Waals surface area contributed by atoms with Gasteiger partial charge in [0.05, 0.1) is 11.8 Å². The molecule has 1 aliphatic carbocycles. The van der Waals surface area contributed by atoms with Crippen LogP contribution in [0.5, 0.6) is 0 Å². The molecule has 140 valence electrons. The van der Waals surface area contributed by atoms with Gasteiger partial charge in [0.1, 0.15) is 11.2 Å². The van der Waals surface area contributed by atoms with E-state index in [9.17, 15) is 15.0 Å². The number of carbonyl (C=O) groups is 2. The molecule has 1 aromatic rings. The van der Waals surface area contributed by atoms with Crippen molar-refractivity contribution in [2.75, 3.05) is 13.1 Å². The minimum absolute atomic E-state index is 0.250. The van der Waals surface area contributed by atoms with Crippen LogP contribution in [-0.2, 0) is 16.1 Å². The number of carboxylic acid groups (broad SMARTS) is 2. The molecule has 25 heavy (non-hydrogen) atoms. The number of likely N-dealkylation sites (tertiary alicyclic amines) is 1. The zero-order valence-electron chi connectivity index (χ0n) is 14.4. The fourth-order valence-corrected chi connectivity index (χ4v) is 3.50. The van der Waals surface area contributed by atoms with Crippen molar-refractivity contribution in [1.29, 1.82) is 0 Å². The molecule has 0 radical (unpaired) electrons. The molecule has 0 amide bonds. The molecule has 0 aromatic carbocycles. The van der Waals surface area contributed by atoms with Gasteiger partial charge in [0.25, 0.3) is 6.47 Å². The highest BCUT2D eigenvalue weighted by molar-refractivity contribution is 5.76. The monoisotopic (exact) mass is 354 g/mol. The Morgan fingerprint density at radius 2 is 2.16 bits per heavy atom. The van der Waals surface area contributed by atoms with Crippen LogP contribution in [0.25, 0.3) is 0 Å². The summed E-state index contributed by atoms with van der Waals surface area (Å²) in [5.74, 6) is 0.582. The smallest absolute Gasteiger partial charge is 0.313 e. The largest absolute Gasteiger partial charge is 0.483 e. The molecule has 1 aromatic heterocycles. The molecule has 0 unspecified atom stereocenters. The Labute approximate surface area is 146 Å². The third-order valence-electron chi connectivity index (χ3n) is 4.93. The first kappa shape index (κ1) is 19.4. The zero-order valence-corrected chi connectivity index (χ0v) is 14.4. The van der Waals surface area contributed by atoms with Crippen molar-refractivity contribution in [3.8, 4) is 0 Å². The molecule has 3 N–H and O–H groups in total. The number of hydrogen-bond donors (Lipinski definition) is 3. The summed E-state index contributed by atoms with van der Waals surface area (Å²) in [4.78, 5) is 22.2. The van der Waals surface area contributed by atoms with Crippen LogP contribution in [-0.4, -0.2) is 57.0 Å². The second kappa shape index (κ2) is 8.44. The Morgan fingerprint density at radius 3 is 2.72 bits per heavy atom.